The molecule has 0 bridgehead atoms. The van der Waals surface area contributed by atoms with E-state index in [9.17, 15) is 0 Å². The normalized spacial score (nSPS) is 15.8. The molecule has 21 heavy (non-hydrogen) atoms. The lowest BCUT2D eigenvalue weighted by Gasteiger charge is -2.29. The van der Waals surface area contributed by atoms with Crippen LogP contribution in [0.1, 0.15) is 11.1 Å². The molecule has 1 aromatic rings. The Balaban J connectivity index is 2.12. The fraction of sp³-hybridized carbons (Fsp3) is 0.625. The Morgan fingerprint density at radius 2 is 1.62 bits per heavy atom. The van der Waals surface area contributed by atoms with Crippen LogP contribution in [0.2, 0.25) is 0 Å². The molecule has 0 saturated carbocycles. The molecule has 0 radical (unpaired) electrons. The summed E-state index contributed by atoms with van der Waals surface area (Å²) in [6.07, 6.45) is 1.99. The summed E-state index contributed by atoms with van der Waals surface area (Å²) in [5.41, 5.74) is 9.39. The summed E-state index contributed by atoms with van der Waals surface area (Å²) < 4.78 is 16.0. The summed E-state index contributed by atoms with van der Waals surface area (Å²) in [6.45, 7) is 3.37. The third-order valence-corrected chi connectivity index (χ3v) is 4.12. The number of nitrogens with zero attached hydrogens (tertiary/aromatic N) is 1. The largest absolute Gasteiger partial charge is 0.495 e. The number of fused-ring (bicyclic) bond motifs is 1. The molecule has 0 atom stereocenters. The molecule has 1 aliphatic heterocycles. The van der Waals surface area contributed by atoms with Gasteiger partial charge in [0.2, 0.25) is 0 Å². The van der Waals surface area contributed by atoms with E-state index in [0.717, 1.165) is 37.4 Å². The summed E-state index contributed by atoms with van der Waals surface area (Å²) in [7, 11) is 5.13. The van der Waals surface area contributed by atoms with Crippen molar-refractivity contribution in [1.29, 1.82) is 0 Å². The first kappa shape index (κ1) is 16.1. The maximum atomic E-state index is 6.02. The third kappa shape index (κ3) is 3.87. The first-order valence-electron chi connectivity index (χ1n) is 7.36. The molecular formula is C16H26N2O3. The molecule has 118 valence electrons. The van der Waals surface area contributed by atoms with Gasteiger partial charge in [0, 0.05) is 27.3 Å². The van der Waals surface area contributed by atoms with Crippen LogP contribution in [0.4, 0.5) is 5.69 Å². The van der Waals surface area contributed by atoms with Gasteiger partial charge >= 0.3 is 0 Å². The quantitative estimate of drug-likeness (QED) is 0.802. The average Bonchev–Trinajstić information content (AvgIpc) is 2.68. The zero-order valence-corrected chi connectivity index (χ0v) is 13.2. The van der Waals surface area contributed by atoms with Gasteiger partial charge in [-0.2, -0.15) is 0 Å². The summed E-state index contributed by atoms with van der Waals surface area (Å²) in [5.74, 6) is 0.771. The van der Waals surface area contributed by atoms with Crippen molar-refractivity contribution in [3.8, 4) is 5.75 Å². The molecule has 5 heteroatoms. The van der Waals surface area contributed by atoms with Gasteiger partial charge in [0.15, 0.2) is 0 Å². The van der Waals surface area contributed by atoms with Crippen molar-refractivity contribution >= 4 is 5.69 Å². The maximum Gasteiger partial charge on any atom is 0.142 e. The Kier molecular flexibility index (Phi) is 5.85. The van der Waals surface area contributed by atoms with Gasteiger partial charge in [-0.05, 0) is 36.1 Å². The molecule has 0 saturated heterocycles. The fourth-order valence-electron chi connectivity index (χ4n) is 2.98. The van der Waals surface area contributed by atoms with Crippen molar-refractivity contribution in [3.05, 3.63) is 23.3 Å². The molecule has 2 rings (SSSR count). The highest BCUT2D eigenvalue weighted by molar-refractivity contribution is 5.57. The van der Waals surface area contributed by atoms with Crippen LogP contribution < -0.4 is 10.5 Å². The van der Waals surface area contributed by atoms with Crippen molar-refractivity contribution in [2.45, 2.75) is 18.9 Å². The van der Waals surface area contributed by atoms with Crippen LogP contribution in [-0.4, -0.2) is 58.6 Å². The van der Waals surface area contributed by atoms with Crippen LogP contribution >= 0.6 is 0 Å². The number of ether oxygens (including phenoxy) is 3. The minimum Gasteiger partial charge on any atom is -0.495 e. The highest BCUT2D eigenvalue weighted by Gasteiger charge is 2.22. The number of methoxy groups -OCH3 is 3. The van der Waals surface area contributed by atoms with Crippen molar-refractivity contribution in [2.75, 3.05) is 53.4 Å². The van der Waals surface area contributed by atoms with Crippen LogP contribution in [0.15, 0.2) is 12.1 Å². The number of nitrogens with two attached hydrogens (primary N) is 1. The lowest BCUT2D eigenvalue weighted by molar-refractivity contribution is 0.0377. The first-order chi connectivity index (χ1) is 10.2. The number of anilines is 1. The van der Waals surface area contributed by atoms with E-state index >= 15 is 0 Å². The molecule has 1 aromatic carbocycles. The van der Waals surface area contributed by atoms with Crippen LogP contribution in [0, 0.1) is 0 Å². The highest BCUT2D eigenvalue weighted by atomic mass is 16.5. The van der Waals surface area contributed by atoms with E-state index in [1.807, 2.05) is 0 Å². The van der Waals surface area contributed by atoms with E-state index in [-0.39, 0.29) is 0 Å². The molecule has 0 unspecified atom stereocenters. The SMILES string of the molecule is COCC(COC)N1CCc2cc(N)c(OC)cc2CC1. The topological polar surface area (TPSA) is 57.0 Å². The average molecular weight is 294 g/mol. The second-order valence-electron chi connectivity index (χ2n) is 5.46. The monoisotopic (exact) mass is 294 g/mol. The molecule has 0 aliphatic carbocycles. The van der Waals surface area contributed by atoms with E-state index in [1.54, 1.807) is 21.3 Å². The zero-order valence-electron chi connectivity index (χ0n) is 13.2. The molecule has 2 N–H and O–H groups in total. The molecule has 1 aliphatic rings. The lowest BCUT2D eigenvalue weighted by atomic mass is 10.0. The predicted molar refractivity (Wildman–Crippen MR) is 83.9 cm³/mol. The van der Waals surface area contributed by atoms with Gasteiger partial charge in [-0.25, -0.2) is 0 Å². The van der Waals surface area contributed by atoms with Crippen LogP contribution in [0.5, 0.6) is 5.75 Å². The summed E-state index contributed by atoms with van der Waals surface area (Å²) >= 11 is 0. The van der Waals surface area contributed by atoms with E-state index in [4.69, 9.17) is 19.9 Å². The lowest BCUT2D eigenvalue weighted by Crippen LogP contribution is -2.43. The Morgan fingerprint density at radius 3 is 2.14 bits per heavy atom. The Labute approximate surface area is 127 Å². The third-order valence-electron chi connectivity index (χ3n) is 4.12. The van der Waals surface area contributed by atoms with E-state index < -0.39 is 0 Å². The number of hydrogen-bond donors (Lipinski definition) is 1. The van der Waals surface area contributed by atoms with Crippen LogP contribution in [0.25, 0.3) is 0 Å². The van der Waals surface area contributed by atoms with Gasteiger partial charge < -0.3 is 19.9 Å². The Hall–Kier alpha value is -1.30. The van der Waals surface area contributed by atoms with Crippen LogP contribution in [0.3, 0.4) is 0 Å². The van der Waals surface area contributed by atoms with E-state index in [0.29, 0.717) is 19.3 Å². The van der Waals surface area contributed by atoms with Crippen LogP contribution in [-0.2, 0) is 22.3 Å². The molecule has 0 spiro atoms. The van der Waals surface area contributed by atoms with Gasteiger partial charge in [0.1, 0.15) is 5.75 Å². The zero-order chi connectivity index (χ0) is 15.2. The molecule has 5 nitrogen and oxygen atoms in total. The Bertz CT molecular complexity index is 459. The minimum atomic E-state index is 0.300. The van der Waals surface area contributed by atoms with Crippen molar-refractivity contribution < 1.29 is 14.2 Å². The van der Waals surface area contributed by atoms with Gasteiger partial charge in [-0.3, -0.25) is 4.90 Å². The van der Waals surface area contributed by atoms with Gasteiger partial charge in [-0.15, -0.1) is 0 Å². The van der Waals surface area contributed by atoms with Gasteiger partial charge in [0.25, 0.3) is 0 Å². The highest BCUT2D eigenvalue weighted by Crippen LogP contribution is 2.28. The minimum absolute atomic E-state index is 0.300. The second kappa shape index (κ2) is 7.64. The summed E-state index contributed by atoms with van der Waals surface area (Å²) in [4.78, 5) is 2.44. The number of nitrogen functional groups attached to an aromatic ring is 1. The molecule has 0 fully saturated rings. The van der Waals surface area contributed by atoms with Crippen molar-refractivity contribution in [3.63, 3.8) is 0 Å². The molecule has 1 heterocycles. The number of rotatable bonds is 6. The second-order valence-corrected chi connectivity index (χ2v) is 5.46. The fourth-order valence-corrected chi connectivity index (χ4v) is 2.98. The van der Waals surface area contributed by atoms with Crippen molar-refractivity contribution in [2.24, 2.45) is 0 Å². The van der Waals surface area contributed by atoms with Crippen molar-refractivity contribution in [1.82, 2.24) is 4.90 Å². The van der Waals surface area contributed by atoms with E-state index in [2.05, 4.69) is 17.0 Å². The van der Waals surface area contributed by atoms with Gasteiger partial charge in [0.05, 0.1) is 32.1 Å². The number of hydrogen-bond acceptors (Lipinski definition) is 5. The van der Waals surface area contributed by atoms with Gasteiger partial charge in [-0.1, -0.05) is 0 Å². The summed E-state index contributed by atoms with van der Waals surface area (Å²) in [6, 6.07) is 4.43. The molecule has 0 amide bonds. The predicted octanol–water partition coefficient (Wildman–Crippen LogP) is 1.34. The molecule has 0 aromatic heterocycles. The smallest absolute Gasteiger partial charge is 0.142 e. The summed E-state index contributed by atoms with van der Waals surface area (Å²) in [5, 5.41) is 0. The van der Waals surface area contributed by atoms with E-state index in [1.165, 1.54) is 11.1 Å². The number of benzene rings is 1. The Morgan fingerprint density at radius 1 is 1.05 bits per heavy atom. The molecular weight excluding hydrogens is 268 g/mol. The standard InChI is InChI=1S/C16H26N2O3/c1-19-10-14(11-20-2)18-6-4-12-8-15(17)16(21-3)9-13(12)5-7-18/h8-9,14H,4-7,10-11,17H2,1-3H3. The maximum absolute atomic E-state index is 6.02. The first-order valence-corrected chi connectivity index (χ1v) is 7.36.